The number of carbonyl (C=O) groups is 1. The van der Waals surface area contributed by atoms with Crippen LogP contribution in [0.15, 0.2) is 85.1 Å². The van der Waals surface area contributed by atoms with Crippen molar-refractivity contribution >= 4 is 5.91 Å². The van der Waals surface area contributed by atoms with Gasteiger partial charge in [-0.05, 0) is 77.0 Å². The molecule has 2 saturated heterocycles. The van der Waals surface area contributed by atoms with Gasteiger partial charge in [-0.2, -0.15) is 0 Å². The van der Waals surface area contributed by atoms with Crippen molar-refractivity contribution in [1.82, 2.24) is 5.32 Å². The molecule has 1 amide bonds. The Hall–Kier alpha value is -2.83. The lowest BCUT2D eigenvalue weighted by molar-refractivity contribution is -0.359. The zero-order chi connectivity index (χ0) is 58.8. The number of carbonyl (C=O) groups excluding carboxylic acids is 1. The second-order valence-corrected chi connectivity index (χ2v) is 22.5. The van der Waals surface area contributed by atoms with Gasteiger partial charge in [-0.25, -0.2) is 0 Å². The standard InChI is InChI=1S/C67H117NO13/c1-3-5-7-9-11-13-15-17-19-21-23-25-27-29-30-32-34-36-38-40-42-44-46-48-50-56(71)55(54-78-66-64(77)62(75)65(58(53-70)80-66)81-67-63(76)61(74)60(73)57(52-69)79-67)68-59(72)51-49-47-45-43-41-39-37-35-33-31-28-26-24-22-20-18-16-14-12-10-8-6-4-2/h6,8,12,14,18,20,24,26,31,33,40,42,48,50,55-58,60-67,69-71,73-77H,3-5,7,9-11,13,15-17,19,21-23,25,27-30,32,34-39,41,43-47,49,51-54H2,1-2H3,(H,68,72)/b8-6-,14-12-,20-18-,26-24-,33-31-,42-40+,50-48+. The third-order valence-corrected chi connectivity index (χ3v) is 15.3. The summed E-state index contributed by atoms with van der Waals surface area (Å²) in [6.45, 7) is 2.67. The second kappa shape index (κ2) is 51.6. The van der Waals surface area contributed by atoms with Gasteiger partial charge in [0, 0.05) is 6.42 Å². The summed E-state index contributed by atoms with van der Waals surface area (Å²) < 4.78 is 22.8. The smallest absolute Gasteiger partial charge is 0.220 e. The molecular weight excluding hydrogens is 1030 g/mol. The van der Waals surface area contributed by atoms with Crippen LogP contribution in [0.2, 0.25) is 0 Å². The maximum Gasteiger partial charge on any atom is 0.220 e. The average Bonchev–Trinajstić information content (AvgIpc) is 3.47. The molecule has 0 aromatic carbocycles. The Morgan fingerprint density at radius 3 is 1.36 bits per heavy atom. The molecule has 9 N–H and O–H groups in total. The highest BCUT2D eigenvalue weighted by Crippen LogP contribution is 2.30. The summed E-state index contributed by atoms with van der Waals surface area (Å²) in [7, 11) is 0. The van der Waals surface area contributed by atoms with Crippen molar-refractivity contribution in [2.75, 3.05) is 19.8 Å². The lowest BCUT2D eigenvalue weighted by Crippen LogP contribution is -2.65. The third-order valence-electron chi connectivity index (χ3n) is 15.3. The SMILES string of the molecule is CC/C=C\C/C=C\C/C=C\C/C=C\C/C=C\CCCCCCCCCC(=O)NC(COC1OC(CO)C(OC2OC(CO)C(O)C(O)C2O)C(O)C1O)C(O)/C=C/CC/C=C/CCCCCCCCCCCCCCCCCCCC. The zero-order valence-electron chi connectivity index (χ0n) is 50.5. The monoisotopic (exact) mass is 1140 g/mol. The van der Waals surface area contributed by atoms with Gasteiger partial charge in [0.05, 0.1) is 32.0 Å². The van der Waals surface area contributed by atoms with Crippen LogP contribution in [0.1, 0.15) is 239 Å². The van der Waals surface area contributed by atoms with E-state index in [2.05, 4.69) is 92.1 Å². The predicted octanol–water partition coefficient (Wildman–Crippen LogP) is 12.1. The van der Waals surface area contributed by atoms with Gasteiger partial charge in [-0.1, -0.05) is 240 Å². The second-order valence-electron chi connectivity index (χ2n) is 22.5. The average molecular weight is 1140 g/mol. The Morgan fingerprint density at radius 1 is 0.457 bits per heavy atom. The molecule has 0 aromatic rings. The fraction of sp³-hybridized carbons (Fsp3) is 0.776. The Bertz CT molecular complexity index is 1680. The normalized spacial score (nSPS) is 24.7. The highest BCUT2D eigenvalue weighted by atomic mass is 16.7. The first-order chi connectivity index (χ1) is 39.6. The molecule has 0 aliphatic carbocycles. The van der Waals surface area contributed by atoms with Crippen LogP contribution in [-0.2, 0) is 23.7 Å². The summed E-state index contributed by atoms with van der Waals surface area (Å²) in [4.78, 5) is 13.3. The minimum absolute atomic E-state index is 0.256. The van der Waals surface area contributed by atoms with Crippen molar-refractivity contribution in [2.45, 2.75) is 312 Å². The molecular formula is C67H117NO13. The number of aliphatic hydroxyl groups excluding tert-OH is 8. The molecule has 0 saturated carbocycles. The molecule has 0 bridgehead atoms. The quantitative estimate of drug-likeness (QED) is 0.0204. The van der Waals surface area contributed by atoms with Crippen LogP contribution in [0.5, 0.6) is 0 Å². The number of rotatable bonds is 51. The molecule has 2 heterocycles. The first-order valence-corrected chi connectivity index (χ1v) is 32.3. The van der Waals surface area contributed by atoms with Crippen LogP contribution < -0.4 is 5.32 Å². The summed E-state index contributed by atoms with van der Waals surface area (Å²) in [5.74, 6) is -0.262. The summed E-state index contributed by atoms with van der Waals surface area (Å²) in [6.07, 6.45) is 53.4. The Labute approximate surface area is 491 Å². The molecule has 14 nitrogen and oxygen atoms in total. The van der Waals surface area contributed by atoms with Gasteiger partial charge >= 0.3 is 0 Å². The van der Waals surface area contributed by atoms with Gasteiger partial charge in [-0.15, -0.1) is 0 Å². The van der Waals surface area contributed by atoms with E-state index in [1.165, 1.54) is 122 Å². The summed E-state index contributed by atoms with van der Waals surface area (Å²) in [5, 5.41) is 87.3. The number of ether oxygens (including phenoxy) is 4. The Kier molecular flexibility index (Phi) is 47.3. The summed E-state index contributed by atoms with van der Waals surface area (Å²) in [6, 6.07) is -0.944. The highest BCUT2D eigenvalue weighted by molar-refractivity contribution is 5.76. The van der Waals surface area contributed by atoms with E-state index in [1.54, 1.807) is 6.08 Å². The number of hydrogen-bond donors (Lipinski definition) is 9. The fourth-order valence-electron chi connectivity index (χ4n) is 10.2. The van der Waals surface area contributed by atoms with E-state index >= 15 is 0 Å². The van der Waals surface area contributed by atoms with E-state index in [0.29, 0.717) is 12.8 Å². The first kappa shape index (κ1) is 74.3. The van der Waals surface area contributed by atoms with Gasteiger partial charge in [0.2, 0.25) is 5.91 Å². The lowest BCUT2D eigenvalue weighted by Gasteiger charge is -2.46. The molecule has 12 atom stereocenters. The fourth-order valence-corrected chi connectivity index (χ4v) is 10.2. The van der Waals surface area contributed by atoms with E-state index in [4.69, 9.17) is 18.9 Å². The molecule has 0 radical (unpaired) electrons. The van der Waals surface area contributed by atoms with Gasteiger partial charge in [-0.3, -0.25) is 4.79 Å². The topological polar surface area (TPSA) is 228 Å². The van der Waals surface area contributed by atoms with Crippen molar-refractivity contribution in [2.24, 2.45) is 0 Å². The van der Waals surface area contributed by atoms with Gasteiger partial charge < -0.3 is 65.1 Å². The Balaban J connectivity index is 1.76. The molecule has 2 rings (SSSR count). The van der Waals surface area contributed by atoms with E-state index in [9.17, 15) is 45.6 Å². The number of allylic oxidation sites excluding steroid dienone is 13. The van der Waals surface area contributed by atoms with E-state index in [-0.39, 0.29) is 18.9 Å². The van der Waals surface area contributed by atoms with Crippen LogP contribution in [0.25, 0.3) is 0 Å². The van der Waals surface area contributed by atoms with Crippen LogP contribution in [0.4, 0.5) is 0 Å². The number of aliphatic hydroxyl groups is 8. The largest absolute Gasteiger partial charge is 0.394 e. The highest BCUT2D eigenvalue weighted by Gasteiger charge is 2.51. The van der Waals surface area contributed by atoms with Crippen LogP contribution in [0, 0.1) is 0 Å². The van der Waals surface area contributed by atoms with Crippen molar-refractivity contribution in [3.8, 4) is 0 Å². The van der Waals surface area contributed by atoms with Gasteiger partial charge in [0.25, 0.3) is 0 Å². The molecule has 2 aliphatic heterocycles. The molecule has 81 heavy (non-hydrogen) atoms. The van der Waals surface area contributed by atoms with Crippen LogP contribution in [-0.4, -0.2) is 140 Å². The van der Waals surface area contributed by atoms with E-state index in [0.717, 1.165) is 83.5 Å². The molecule has 14 heteroatoms. The minimum atomic E-state index is -1.80. The maximum absolute atomic E-state index is 13.3. The van der Waals surface area contributed by atoms with E-state index in [1.807, 2.05) is 6.08 Å². The van der Waals surface area contributed by atoms with Crippen molar-refractivity contribution in [3.05, 3.63) is 85.1 Å². The maximum atomic E-state index is 13.3. The summed E-state index contributed by atoms with van der Waals surface area (Å²) >= 11 is 0. The Morgan fingerprint density at radius 2 is 0.864 bits per heavy atom. The number of amides is 1. The number of hydrogen-bond acceptors (Lipinski definition) is 13. The number of unbranched alkanes of at least 4 members (excludes halogenated alkanes) is 26. The predicted molar refractivity (Wildman–Crippen MR) is 327 cm³/mol. The van der Waals surface area contributed by atoms with Gasteiger partial charge in [0.15, 0.2) is 12.6 Å². The number of nitrogens with one attached hydrogen (secondary N) is 1. The molecule has 12 unspecified atom stereocenters. The van der Waals surface area contributed by atoms with Crippen molar-refractivity contribution < 1.29 is 64.6 Å². The molecule has 2 fully saturated rings. The molecule has 2 aliphatic rings. The first-order valence-electron chi connectivity index (χ1n) is 32.3. The van der Waals surface area contributed by atoms with Crippen LogP contribution in [0.3, 0.4) is 0 Å². The zero-order valence-corrected chi connectivity index (χ0v) is 50.5. The van der Waals surface area contributed by atoms with Crippen molar-refractivity contribution in [1.29, 1.82) is 0 Å². The molecule has 0 spiro atoms. The third kappa shape index (κ3) is 36.6. The minimum Gasteiger partial charge on any atom is -0.394 e. The van der Waals surface area contributed by atoms with Gasteiger partial charge in [0.1, 0.15) is 48.8 Å². The lowest BCUT2D eigenvalue weighted by atomic mass is 9.97. The van der Waals surface area contributed by atoms with Crippen molar-refractivity contribution in [3.63, 3.8) is 0 Å². The van der Waals surface area contributed by atoms with E-state index < -0.39 is 86.8 Å². The molecule has 0 aromatic heterocycles. The summed E-state index contributed by atoms with van der Waals surface area (Å²) in [5.41, 5.74) is 0. The molecule has 468 valence electrons. The van der Waals surface area contributed by atoms with Crippen LogP contribution >= 0.6 is 0 Å².